The largest absolute Gasteiger partial charge is 0.504 e. The summed E-state index contributed by atoms with van der Waals surface area (Å²) in [6.07, 6.45) is 0. The molecular weight excluding hydrogens is 258 g/mol. The first kappa shape index (κ1) is 14.6. The quantitative estimate of drug-likeness (QED) is 0.680. The number of carbonyl (C=O) groups excluding carboxylic acids is 1. The molecule has 0 saturated carbocycles. The first-order valence-electron chi connectivity index (χ1n) is 6.79. The summed E-state index contributed by atoms with van der Waals surface area (Å²) in [6.45, 7) is 5.33. The topological polar surface area (TPSA) is 76.0 Å². The molecule has 0 spiro atoms. The van der Waals surface area contributed by atoms with E-state index in [1.165, 1.54) is 12.1 Å². The summed E-state index contributed by atoms with van der Waals surface area (Å²) in [5, 5.41) is 22.4. The third-order valence-corrected chi connectivity index (χ3v) is 3.55. The molecule has 0 unspecified atom stereocenters. The number of likely N-dealkylation sites (N-methyl/N-ethyl adjacent to an activating group) is 1. The van der Waals surface area contributed by atoms with Crippen LogP contribution in [0.5, 0.6) is 11.5 Å². The maximum Gasteiger partial charge on any atom is 0.257 e. The molecule has 0 bridgehead atoms. The number of nitrogens with one attached hydrogen (secondary N) is 1. The van der Waals surface area contributed by atoms with Gasteiger partial charge in [-0.25, -0.2) is 0 Å². The number of nitrogens with zero attached hydrogens (tertiary/aromatic N) is 2. The summed E-state index contributed by atoms with van der Waals surface area (Å²) in [6, 6.07) is 4.41. The van der Waals surface area contributed by atoms with Gasteiger partial charge in [-0.1, -0.05) is 6.07 Å². The van der Waals surface area contributed by atoms with Crippen LogP contribution in [0.1, 0.15) is 10.4 Å². The maximum atomic E-state index is 12.2. The molecule has 0 aliphatic carbocycles. The van der Waals surface area contributed by atoms with Gasteiger partial charge in [0.05, 0.1) is 5.56 Å². The van der Waals surface area contributed by atoms with Crippen LogP contribution in [-0.2, 0) is 0 Å². The minimum absolute atomic E-state index is 0.132. The van der Waals surface area contributed by atoms with Crippen molar-refractivity contribution in [3.05, 3.63) is 23.8 Å². The number of hydrogen-bond acceptors (Lipinski definition) is 5. The van der Waals surface area contributed by atoms with Crippen LogP contribution in [0.15, 0.2) is 18.2 Å². The maximum absolute atomic E-state index is 12.2. The van der Waals surface area contributed by atoms with Gasteiger partial charge >= 0.3 is 0 Å². The fourth-order valence-corrected chi connectivity index (χ4v) is 2.24. The molecule has 0 aromatic heterocycles. The Labute approximate surface area is 118 Å². The molecule has 1 saturated heterocycles. The standard InChI is InChI=1S/C14H21N3O3/c1-16(9-10-17-7-5-15-6-8-17)14(20)11-3-2-4-12(18)13(11)19/h2-4,15,18-19H,5-10H2,1H3. The van der Waals surface area contributed by atoms with Crippen LogP contribution in [0.4, 0.5) is 0 Å². The summed E-state index contributed by atoms with van der Waals surface area (Å²) >= 11 is 0. The molecule has 1 aromatic rings. The van der Waals surface area contributed by atoms with Crippen LogP contribution in [0, 0.1) is 0 Å². The number of hydrogen-bond donors (Lipinski definition) is 3. The summed E-state index contributed by atoms with van der Waals surface area (Å²) < 4.78 is 0. The van der Waals surface area contributed by atoms with E-state index in [-0.39, 0.29) is 23.0 Å². The summed E-state index contributed by atoms with van der Waals surface area (Å²) in [4.78, 5) is 16.1. The molecule has 1 heterocycles. The second-order valence-electron chi connectivity index (χ2n) is 4.99. The Balaban J connectivity index is 1.92. The van der Waals surface area contributed by atoms with Crippen LogP contribution in [-0.4, -0.2) is 72.2 Å². The second-order valence-corrected chi connectivity index (χ2v) is 4.99. The first-order valence-corrected chi connectivity index (χ1v) is 6.79. The number of para-hydroxylation sites is 1. The highest BCUT2D eigenvalue weighted by atomic mass is 16.3. The normalized spacial score (nSPS) is 16.1. The molecule has 6 nitrogen and oxygen atoms in total. The summed E-state index contributed by atoms with van der Waals surface area (Å²) in [5.74, 6) is -0.911. The number of phenolic OH excluding ortho intramolecular Hbond substituents is 2. The Morgan fingerprint density at radius 2 is 2.05 bits per heavy atom. The number of carbonyl (C=O) groups is 1. The molecule has 0 atom stereocenters. The third-order valence-electron chi connectivity index (χ3n) is 3.55. The van der Waals surface area contributed by atoms with E-state index in [4.69, 9.17) is 0 Å². The Morgan fingerprint density at radius 3 is 2.75 bits per heavy atom. The first-order chi connectivity index (χ1) is 9.59. The van der Waals surface area contributed by atoms with Gasteiger partial charge in [-0.05, 0) is 12.1 Å². The van der Waals surface area contributed by atoms with E-state index in [0.29, 0.717) is 6.54 Å². The number of benzene rings is 1. The molecule has 0 radical (unpaired) electrons. The average Bonchev–Trinajstić information content (AvgIpc) is 2.48. The molecule has 1 aliphatic rings. The molecule has 1 aromatic carbocycles. The molecule has 110 valence electrons. The fraction of sp³-hybridized carbons (Fsp3) is 0.500. The Kier molecular flexibility index (Phi) is 4.81. The van der Waals surface area contributed by atoms with Crippen molar-refractivity contribution in [3.63, 3.8) is 0 Å². The minimum Gasteiger partial charge on any atom is -0.504 e. The predicted octanol–water partition coefficient (Wildman–Crippen LogP) is 0.0750. The van der Waals surface area contributed by atoms with E-state index < -0.39 is 0 Å². The van der Waals surface area contributed by atoms with Crippen molar-refractivity contribution in [2.75, 3.05) is 46.3 Å². The minimum atomic E-state index is -0.355. The van der Waals surface area contributed by atoms with Gasteiger partial charge in [0.25, 0.3) is 5.91 Å². The van der Waals surface area contributed by atoms with Crippen molar-refractivity contribution in [3.8, 4) is 11.5 Å². The number of amides is 1. The zero-order valence-electron chi connectivity index (χ0n) is 11.7. The molecule has 6 heteroatoms. The Bertz CT molecular complexity index is 473. The fourth-order valence-electron chi connectivity index (χ4n) is 2.24. The molecule has 3 N–H and O–H groups in total. The van der Waals surface area contributed by atoms with E-state index in [9.17, 15) is 15.0 Å². The molecule has 2 rings (SSSR count). The smallest absolute Gasteiger partial charge is 0.257 e. The number of aromatic hydroxyl groups is 2. The third kappa shape index (κ3) is 3.40. The molecule has 1 aliphatic heterocycles. The zero-order valence-corrected chi connectivity index (χ0v) is 11.7. The lowest BCUT2D eigenvalue weighted by molar-refractivity contribution is 0.0771. The number of piperazine rings is 1. The van der Waals surface area contributed by atoms with Gasteiger partial charge in [0.15, 0.2) is 11.5 Å². The van der Waals surface area contributed by atoms with Crippen LogP contribution in [0.2, 0.25) is 0 Å². The van der Waals surface area contributed by atoms with E-state index in [1.807, 2.05) is 0 Å². The van der Waals surface area contributed by atoms with Crippen molar-refractivity contribution in [1.29, 1.82) is 0 Å². The van der Waals surface area contributed by atoms with Crippen molar-refractivity contribution in [2.45, 2.75) is 0 Å². The van der Waals surface area contributed by atoms with E-state index in [0.717, 1.165) is 32.7 Å². The van der Waals surface area contributed by atoms with Crippen molar-refractivity contribution in [1.82, 2.24) is 15.1 Å². The molecule has 20 heavy (non-hydrogen) atoms. The number of rotatable bonds is 4. The van der Waals surface area contributed by atoms with Gasteiger partial charge in [0, 0.05) is 46.3 Å². The molecule has 1 amide bonds. The highest BCUT2D eigenvalue weighted by Crippen LogP contribution is 2.28. The summed E-state index contributed by atoms with van der Waals surface area (Å²) in [7, 11) is 1.70. The van der Waals surface area contributed by atoms with Crippen LogP contribution in [0.3, 0.4) is 0 Å². The molecular formula is C14H21N3O3. The van der Waals surface area contributed by atoms with E-state index >= 15 is 0 Å². The lowest BCUT2D eigenvalue weighted by Gasteiger charge is -2.29. The van der Waals surface area contributed by atoms with Crippen molar-refractivity contribution < 1.29 is 15.0 Å². The highest BCUT2D eigenvalue weighted by Gasteiger charge is 2.18. The van der Waals surface area contributed by atoms with Crippen molar-refractivity contribution >= 4 is 5.91 Å². The van der Waals surface area contributed by atoms with Gasteiger partial charge in [-0.2, -0.15) is 0 Å². The average molecular weight is 279 g/mol. The van der Waals surface area contributed by atoms with Crippen LogP contribution < -0.4 is 5.32 Å². The van der Waals surface area contributed by atoms with Gasteiger partial charge in [0.1, 0.15) is 0 Å². The van der Waals surface area contributed by atoms with E-state index in [2.05, 4.69) is 10.2 Å². The lowest BCUT2D eigenvalue weighted by Crippen LogP contribution is -2.46. The van der Waals surface area contributed by atoms with Crippen LogP contribution >= 0.6 is 0 Å². The predicted molar refractivity (Wildman–Crippen MR) is 76.0 cm³/mol. The molecule has 1 fully saturated rings. The van der Waals surface area contributed by atoms with Gasteiger partial charge in [0.2, 0.25) is 0 Å². The summed E-state index contributed by atoms with van der Waals surface area (Å²) in [5.41, 5.74) is 0.132. The number of phenols is 2. The van der Waals surface area contributed by atoms with Gasteiger partial charge < -0.3 is 20.4 Å². The zero-order chi connectivity index (χ0) is 14.5. The Hall–Kier alpha value is -1.79. The lowest BCUT2D eigenvalue weighted by atomic mass is 10.1. The van der Waals surface area contributed by atoms with Crippen molar-refractivity contribution in [2.24, 2.45) is 0 Å². The monoisotopic (exact) mass is 279 g/mol. The SMILES string of the molecule is CN(CCN1CCNCC1)C(=O)c1cccc(O)c1O. The Morgan fingerprint density at radius 1 is 1.35 bits per heavy atom. The second kappa shape index (κ2) is 6.58. The van der Waals surface area contributed by atoms with E-state index in [1.54, 1.807) is 18.0 Å². The highest BCUT2D eigenvalue weighted by molar-refractivity contribution is 5.97. The van der Waals surface area contributed by atoms with Gasteiger partial charge in [-0.15, -0.1) is 0 Å². The van der Waals surface area contributed by atoms with Crippen LogP contribution in [0.25, 0.3) is 0 Å². The van der Waals surface area contributed by atoms with Gasteiger partial charge in [-0.3, -0.25) is 9.69 Å².